The van der Waals surface area contributed by atoms with Crippen molar-refractivity contribution in [1.82, 2.24) is 0 Å². The fourth-order valence-corrected chi connectivity index (χ4v) is 3.97. The molecule has 5 heteroatoms. The number of carbonyl (C=O) groups is 1. The summed E-state index contributed by atoms with van der Waals surface area (Å²) in [5, 5.41) is 9.38. The topological polar surface area (TPSA) is 40.9 Å². The fraction of sp³-hybridized carbons (Fsp3) is 0.250. The summed E-state index contributed by atoms with van der Waals surface area (Å²) in [6, 6.07) is 11.6. The Hall–Kier alpha value is -0.960. The molecule has 0 saturated carbocycles. The molecule has 0 spiro atoms. The molecule has 108 valence electrons. The predicted octanol–water partition coefficient (Wildman–Crippen LogP) is 5.89. The number of nitriles is 1. The summed E-state index contributed by atoms with van der Waals surface area (Å²) in [6.07, 6.45) is 0. The highest BCUT2D eigenvalue weighted by Gasteiger charge is 2.24. The van der Waals surface area contributed by atoms with Gasteiger partial charge in [-0.1, -0.05) is 38.1 Å². The van der Waals surface area contributed by atoms with Gasteiger partial charge in [-0.25, -0.2) is 0 Å². The highest BCUT2D eigenvalue weighted by molar-refractivity contribution is 9.13. The first kappa shape index (κ1) is 16.4. The summed E-state index contributed by atoms with van der Waals surface area (Å²) < 4.78 is 1.69. The Morgan fingerprint density at radius 3 is 2.19 bits per heavy atom. The van der Waals surface area contributed by atoms with E-state index in [1.165, 1.54) is 16.9 Å². The van der Waals surface area contributed by atoms with E-state index in [9.17, 15) is 10.1 Å². The molecule has 0 bridgehead atoms. The quantitative estimate of drug-likeness (QED) is 0.572. The van der Waals surface area contributed by atoms with E-state index in [1.807, 2.05) is 24.3 Å². The van der Waals surface area contributed by atoms with E-state index < -0.39 is 5.92 Å². The molecule has 1 aromatic heterocycles. The van der Waals surface area contributed by atoms with Crippen LogP contribution in [0.5, 0.6) is 0 Å². The number of rotatable bonds is 4. The van der Waals surface area contributed by atoms with Crippen molar-refractivity contribution in [2.45, 2.75) is 25.7 Å². The minimum absolute atomic E-state index is 0.161. The molecular formula is C16H13Br2NOS. The monoisotopic (exact) mass is 425 g/mol. The van der Waals surface area contributed by atoms with Crippen LogP contribution in [0.25, 0.3) is 0 Å². The molecule has 2 rings (SSSR count). The average Bonchev–Trinajstić information content (AvgIpc) is 2.80. The molecule has 0 aliphatic heterocycles. The molecule has 1 atom stereocenters. The first-order valence-electron chi connectivity index (χ1n) is 6.42. The zero-order valence-corrected chi connectivity index (χ0v) is 15.5. The Labute approximate surface area is 145 Å². The minimum Gasteiger partial charge on any atom is -0.291 e. The summed E-state index contributed by atoms with van der Waals surface area (Å²) in [4.78, 5) is 13.1. The summed E-state index contributed by atoms with van der Waals surface area (Å²) in [5.74, 6) is -0.491. The molecule has 1 unspecified atom stereocenters. The molecule has 1 aromatic carbocycles. The Morgan fingerprint density at radius 1 is 1.19 bits per heavy atom. The van der Waals surface area contributed by atoms with Crippen LogP contribution in [-0.4, -0.2) is 5.78 Å². The van der Waals surface area contributed by atoms with Gasteiger partial charge in [0.2, 0.25) is 0 Å². The van der Waals surface area contributed by atoms with Crippen LogP contribution < -0.4 is 0 Å². The number of hydrogen-bond acceptors (Lipinski definition) is 3. The molecule has 0 N–H and O–H groups in total. The van der Waals surface area contributed by atoms with Gasteiger partial charge < -0.3 is 0 Å². The highest BCUT2D eigenvalue weighted by Crippen LogP contribution is 2.35. The second kappa shape index (κ2) is 6.87. The van der Waals surface area contributed by atoms with Gasteiger partial charge in [0.05, 0.1) is 14.7 Å². The van der Waals surface area contributed by atoms with E-state index in [2.05, 4.69) is 51.8 Å². The van der Waals surface area contributed by atoms with Gasteiger partial charge >= 0.3 is 0 Å². The van der Waals surface area contributed by atoms with Crippen molar-refractivity contribution in [1.29, 1.82) is 5.26 Å². The van der Waals surface area contributed by atoms with Gasteiger partial charge in [-0.05, 0) is 55.0 Å². The van der Waals surface area contributed by atoms with E-state index in [1.54, 1.807) is 6.07 Å². The molecule has 21 heavy (non-hydrogen) atoms. The van der Waals surface area contributed by atoms with Crippen LogP contribution in [0.1, 0.15) is 46.5 Å². The Balaban J connectivity index is 2.31. The van der Waals surface area contributed by atoms with E-state index in [0.29, 0.717) is 10.8 Å². The maximum absolute atomic E-state index is 12.5. The van der Waals surface area contributed by atoms with Crippen LogP contribution in [0.15, 0.2) is 38.6 Å². The molecule has 0 fully saturated rings. The first-order valence-corrected chi connectivity index (χ1v) is 8.82. The zero-order valence-electron chi connectivity index (χ0n) is 11.6. The zero-order chi connectivity index (χ0) is 15.6. The molecule has 1 heterocycles. The Bertz CT molecular complexity index is 679. The number of thiophene rings is 1. The van der Waals surface area contributed by atoms with Crippen LogP contribution in [-0.2, 0) is 0 Å². The summed E-state index contributed by atoms with van der Waals surface area (Å²) in [5.41, 5.74) is 1.94. The van der Waals surface area contributed by atoms with Crippen LogP contribution in [0.2, 0.25) is 0 Å². The lowest BCUT2D eigenvalue weighted by Gasteiger charge is -2.10. The second-order valence-electron chi connectivity index (χ2n) is 4.98. The Kier molecular flexibility index (Phi) is 5.37. The van der Waals surface area contributed by atoms with Crippen LogP contribution in [0.4, 0.5) is 0 Å². The molecule has 0 saturated heterocycles. The molecule has 0 amide bonds. The number of hydrogen-bond donors (Lipinski definition) is 0. The van der Waals surface area contributed by atoms with Crippen LogP contribution >= 0.6 is 43.2 Å². The maximum atomic E-state index is 12.5. The standard InChI is InChI=1S/C16H13Br2NOS/c1-9(2)10-3-5-11(6-4-10)12(8-19)15(20)14-7-13(17)16(18)21-14/h3-7,9,12H,1-2H3. The molecule has 2 aromatic rings. The highest BCUT2D eigenvalue weighted by atomic mass is 79.9. The summed E-state index contributed by atoms with van der Waals surface area (Å²) >= 11 is 8.08. The lowest BCUT2D eigenvalue weighted by Crippen LogP contribution is -2.09. The lowest BCUT2D eigenvalue weighted by atomic mass is 9.92. The van der Waals surface area contributed by atoms with Gasteiger partial charge in [0, 0.05) is 4.47 Å². The number of ketones is 1. The lowest BCUT2D eigenvalue weighted by molar-refractivity contribution is 0.0983. The van der Waals surface area contributed by atoms with Crippen LogP contribution in [0, 0.1) is 11.3 Å². The third-order valence-corrected chi connectivity index (χ3v) is 6.49. The van der Waals surface area contributed by atoms with Crippen molar-refractivity contribution < 1.29 is 4.79 Å². The van der Waals surface area contributed by atoms with E-state index in [-0.39, 0.29) is 5.78 Å². The smallest absolute Gasteiger partial charge is 0.194 e. The Morgan fingerprint density at radius 2 is 1.76 bits per heavy atom. The predicted molar refractivity (Wildman–Crippen MR) is 92.9 cm³/mol. The van der Waals surface area contributed by atoms with Gasteiger partial charge in [0.15, 0.2) is 5.78 Å². The average molecular weight is 427 g/mol. The van der Waals surface area contributed by atoms with Gasteiger partial charge in [0.1, 0.15) is 5.92 Å². The third kappa shape index (κ3) is 3.63. The van der Waals surface area contributed by atoms with Crippen molar-refractivity contribution in [2.24, 2.45) is 0 Å². The maximum Gasteiger partial charge on any atom is 0.194 e. The van der Waals surface area contributed by atoms with Gasteiger partial charge in [0.25, 0.3) is 0 Å². The van der Waals surface area contributed by atoms with Gasteiger partial charge in [-0.2, -0.15) is 5.26 Å². The largest absolute Gasteiger partial charge is 0.291 e. The number of benzene rings is 1. The molecule has 0 aliphatic carbocycles. The normalized spacial score (nSPS) is 12.2. The van der Waals surface area contributed by atoms with Crippen molar-refractivity contribution in [2.75, 3.05) is 0 Å². The number of carbonyl (C=O) groups excluding carboxylic acids is 1. The number of halogens is 2. The third-order valence-electron chi connectivity index (χ3n) is 3.22. The molecule has 2 nitrogen and oxygen atoms in total. The number of nitrogens with zero attached hydrogens (tertiary/aromatic N) is 1. The summed E-state index contributed by atoms with van der Waals surface area (Å²) in [7, 11) is 0. The van der Waals surface area contributed by atoms with Crippen LogP contribution in [0.3, 0.4) is 0 Å². The minimum atomic E-state index is -0.760. The van der Waals surface area contributed by atoms with Gasteiger partial charge in [-0.15, -0.1) is 11.3 Å². The summed E-state index contributed by atoms with van der Waals surface area (Å²) in [6.45, 7) is 4.23. The van der Waals surface area contributed by atoms with Crippen molar-refractivity contribution in [3.05, 3.63) is 54.6 Å². The van der Waals surface area contributed by atoms with E-state index >= 15 is 0 Å². The second-order valence-corrected chi connectivity index (χ2v) is 8.20. The van der Waals surface area contributed by atoms with Crippen molar-refractivity contribution in [3.63, 3.8) is 0 Å². The molecule has 0 radical (unpaired) electrons. The molecule has 0 aliphatic rings. The SMILES string of the molecule is CC(C)c1ccc(C(C#N)C(=O)c2cc(Br)c(Br)s2)cc1. The molecular weight excluding hydrogens is 414 g/mol. The van der Waals surface area contributed by atoms with E-state index in [0.717, 1.165) is 13.8 Å². The fourth-order valence-electron chi connectivity index (χ4n) is 1.97. The van der Waals surface area contributed by atoms with E-state index in [4.69, 9.17) is 0 Å². The van der Waals surface area contributed by atoms with Crippen molar-refractivity contribution in [3.8, 4) is 6.07 Å². The van der Waals surface area contributed by atoms with Crippen molar-refractivity contribution >= 4 is 49.0 Å². The first-order chi connectivity index (χ1) is 9.93. The van der Waals surface area contributed by atoms with Gasteiger partial charge in [-0.3, -0.25) is 4.79 Å². The number of Topliss-reactive ketones (excluding diaryl/α,β-unsaturated/α-hetero) is 1.